The van der Waals surface area contributed by atoms with Gasteiger partial charge in [0, 0.05) is 11.3 Å². The molecule has 0 spiro atoms. The van der Waals surface area contributed by atoms with E-state index >= 15 is 0 Å². The molecule has 0 aromatic carbocycles. The van der Waals surface area contributed by atoms with E-state index < -0.39 is 5.97 Å². The molecule has 2 N–H and O–H groups in total. The fourth-order valence-electron chi connectivity index (χ4n) is 0.0913. The maximum atomic E-state index is 9.60. The number of rotatable bonds is 3. The monoisotopic (exact) mass is 178 g/mol. The molecule has 0 rings (SSSR count). The third-order valence-corrected chi connectivity index (χ3v) is 1.25. The molecule has 0 aliphatic rings. The number of aliphatic hydroxyl groups is 1. The van der Waals surface area contributed by atoms with E-state index in [1.807, 2.05) is 6.26 Å². The van der Waals surface area contributed by atoms with E-state index in [4.69, 9.17) is 10.2 Å². The van der Waals surface area contributed by atoms with Gasteiger partial charge in [0.05, 0.1) is 6.61 Å². The normalized spacial score (nSPS) is 7.91. The van der Waals surface area contributed by atoms with Crippen molar-refractivity contribution < 1.29 is 15.0 Å². The van der Waals surface area contributed by atoms with Crippen molar-refractivity contribution in [3.05, 3.63) is 12.2 Å². The highest BCUT2D eigenvalue weighted by Crippen LogP contribution is 1.85. The van der Waals surface area contributed by atoms with Crippen molar-refractivity contribution >= 4 is 17.7 Å². The average molecular weight is 178 g/mol. The molecule has 0 atom stereocenters. The van der Waals surface area contributed by atoms with Crippen LogP contribution in [0.25, 0.3) is 0 Å². The number of carboxylic acids is 1. The predicted molar refractivity (Wildman–Crippen MR) is 47.9 cm³/mol. The maximum Gasteiger partial charge on any atom is 0.330 e. The number of thioether (sulfide) groups is 1. The molecule has 0 aliphatic carbocycles. The van der Waals surface area contributed by atoms with Gasteiger partial charge >= 0.3 is 5.97 Å². The molecule has 0 saturated heterocycles. The molecular formula is C7H14O3S. The van der Waals surface area contributed by atoms with Crippen molar-refractivity contribution in [2.45, 2.75) is 6.92 Å². The van der Waals surface area contributed by atoms with Crippen molar-refractivity contribution in [3.8, 4) is 0 Å². The lowest BCUT2D eigenvalue weighted by Crippen LogP contribution is -1.92. The number of carbonyl (C=O) groups is 1. The highest BCUT2D eigenvalue weighted by molar-refractivity contribution is 7.98. The molecule has 0 amide bonds. The molecule has 0 bridgehead atoms. The SMILES string of the molecule is C=C(C)C(=O)O.CSCCO. The van der Waals surface area contributed by atoms with Crippen LogP contribution in [0.2, 0.25) is 0 Å². The van der Waals surface area contributed by atoms with Crippen molar-refractivity contribution in [2.24, 2.45) is 0 Å². The smallest absolute Gasteiger partial charge is 0.330 e. The number of aliphatic carboxylic acids is 1. The minimum atomic E-state index is -0.935. The Bertz CT molecular complexity index is 109. The van der Waals surface area contributed by atoms with E-state index in [1.54, 1.807) is 11.8 Å². The quantitative estimate of drug-likeness (QED) is 0.633. The minimum absolute atomic E-state index is 0.176. The third-order valence-electron chi connectivity index (χ3n) is 0.661. The van der Waals surface area contributed by atoms with Crippen LogP contribution in [-0.2, 0) is 4.79 Å². The first-order chi connectivity index (χ1) is 5.06. The molecule has 4 heteroatoms. The van der Waals surface area contributed by atoms with Gasteiger partial charge < -0.3 is 10.2 Å². The number of aliphatic hydroxyl groups excluding tert-OH is 1. The fraction of sp³-hybridized carbons (Fsp3) is 0.571. The van der Waals surface area contributed by atoms with Gasteiger partial charge in [-0.2, -0.15) is 11.8 Å². The Morgan fingerprint density at radius 3 is 2.00 bits per heavy atom. The van der Waals surface area contributed by atoms with Crippen molar-refractivity contribution in [3.63, 3.8) is 0 Å². The predicted octanol–water partition coefficient (Wildman–Crippen LogP) is 0.989. The molecule has 0 unspecified atom stereocenters. The summed E-state index contributed by atoms with van der Waals surface area (Å²) in [5.41, 5.74) is 0.176. The van der Waals surface area contributed by atoms with Gasteiger partial charge in [-0.1, -0.05) is 6.58 Å². The lowest BCUT2D eigenvalue weighted by Gasteiger charge is -1.80. The summed E-state index contributed by atoms with van der Waals surface area (Å²) in [6.45, 7) is 4.91. The second-order valence-corrected chi connectivity index (χ2v) is 2.79. The highest BCUT2D eigenvalue weighted by Gasteiger charge is 1.90. The summed E-state index contributed by atoms with van der Waals surface area (Å²) in [5.74, 6) is -0.0741. The topological polar surface area (TPSA) is 57.5 Å². The second kappa shape index (κ2) is 9.52. The van der Waals surface area contributed by atoms with Crippen LogP contribution in [-0.4, -0.2) is 34.8 Å². The Morgan fingerprint density at radius 1 is 1.64 bits per heavy atom. The van der Waals surface area contributed by atoms with Crippen molar-refractivity contribution in [1.82, 2.24) is 0 Å². The van der Waals surface area contributed by atoms with E-state index in [1.165, 1.54) is 6.92 Å². The fourth-order valence-corrected chi connectivity index (χ4v) is 0.274. The van der Waals surface area contributed by atoms with Crippen LogP contribution in [0.3, 0.4) is 0 Å². The van der Waals surface area contributed by atoms with Crippen LogP contribution in [0.15, 0.2) is 12.2 Å². The first kappa shape index (κ1) is 13.1. The Balaban J connectivity index is 0. The Kier molecular flexibility index (Phi) is 11.4. The molecule has 3 nitrogen and oxygen atoms in total. The number of hydrogen-bond donors (Lipinski definition) is 2. The molecule has 0 aromatic heterocycles. The Labute approximate surface area is 71.1 Å². The van der Waals surface area contributed by atoms with Crippen molar-refractivity contribution in [2.75, 3.05) is 18.6 Å². The lowest BCUT2D eigenvalue weighted by molar-refractivity contribution is -0.132. The van der Waals surface area contributed by atoms with Crippen LogP contribution in [0.1, 0.15) is 6.92 Å². The molecular weight excluding hydrogens is 164 g/mol. The van der Waals surface area contributed by atoms with E-state index in [9.17, 15) is 4.79 Å². The standard InChI is InChI=1S/C4H6O2.C3H8OS/c1-3(2)4(5)6;1-5-3-2-4/h1H2,2H3,(H,5,6);4H,2-3H2,1H3. The van der Waals surface area contributed by atoms with Crippen molar-refractivity contribution in [1.29, 1.82) is 0 Å². The molecule has 0 saturated carbocycles. The number of hydrogen-bond acceptors (Lipinski definition) is 3. The third kappa shape index (κ3) is 17.7. The van der Waals surface area contributed by atoms with Gasteiger partial charge in [0.1, 0.15) is 0 Å². The molecule has 0 radical (unpaired) electrons. The molecule has 11 heavy (non-hydrogen) atoms. The molecule has 0 aliphatic heterocycles. The first-order valence-corrected chi connectivity index (χ1v) is 4.44. The zero-order valence-corrected chi connectivity index (χ0v) is 7.65. The van der Waals surface area contributed by atoms with Gasteiger partial charge in [0.25, 0.3) is 0 Å². The zero-order valence-electron chi connectivity index (χ0n) is 6.83. The van der Waals surface area contributed by atoms with E-state index in [0.29, 0.717) is 6.61 Å². The lowest BCUT2D eigenvalue weighted by atomic mass is 10.4. The van der Waals surface area contributed by atoms with Gasteiger partial charge in [0.2, 0.25) is 0 Å². The average Bonchev–Trinajstić information content (AvgIpc) is 1.90. The van der Waals surface area contributed by atoms with Gasteiger partial charge in [-0.05, 0) is 13.2 Å². The van der Waals surface area contributed by atoms with E-state index in [2.05, 4.69) is 6.58 Å². The minimum Gasteiger partial charge on any atom is -0.478 e. The second-order valence-electron chi connectivity index (χ2n) is 1.80. The Hall–Kier alpha value is -0.480. The first-order valence-electron chi connectivity index (χ1n) is 3.04. The van der Waals surface area contributed by atoms with Crippen LogP contribution in [0, 0.1) is 0 Å². The van der Waals surface area contributed by atoms with E-state index in [0.717, 1.165) is 5.75 Å². The molecule has 66 valence electrons. The summed E-state index contributed by atoms with van der Waals surface area (Å²) >= 11 is 1.65. The van der Waals surface area contributed by atoms with Gasteiger partial charge in [-0.25, -0.2) is 4.79 Å². The largest absolute Gasteiger partial charge is 0.478 e. The summed E-state index contributed by atoms with van der Waals surface area (Å²) < 4.78 is 0. The van der Waals surface area contributed by atoms with Crippen LogP contribution in [0.5, 0.6) is 0 Å². The van der Waals surface area contributed by atoms with Crippen LogP contribution < -0.4 is 0 Å². The van der Waals surface area contributed by atoms with Gasteiger partial charge in [-0.15, -0.1) is 0 Å². The Morgan fingerprint density at radius 2 is 2.00 bits per heavy atom. The highest BCUT2D eigenvalue weighted by atomic mass is 32.2. The van der Waals surface area contributed by atoms with Crippen LogP contribution >= 0.6 is 11.8 Å². The summed E-state index contributed by atoms with van der Waals surface area (Å²) in [4.78, 5) is 9.60. The van der Waals surface area contributed by atoms with E-state index in [-0.39, 0.29) is 5.57 Å². The summed E-state index contributed by atoms with van der Waals surface area (Å²) in [7, 11) is 0. The van der Waals surface area contributed by atoms with Crippen LogP contribution in [0.4, 0.5) is 0 Å². The zero-order chi connectivity index (χ0) is 9.28. The number of carboxylic acid groups (broad SMARTS) is 1. The van der Waals surface area contributed by atoms with Gasteiger partial charge in [-0.3, -0.25) is 0 Å². The molecule has 0 heterocycles. The molecule has 0 fully saturated rings. The summed E-state index contributed by atoms with van der Waals surface area (Å²) in [6, 6.07) is 0. The summed E-state index contributed by atoms with van der Waals surface area (Å²) in [6.07, 6.45) is 1.97. The van der Waals surface area contributed by atoms with Gasteiger partial charge in [0.15, 0.2) is 0 Å². The summed E-state index contributed by atoms with van der Waals surface area (Å²) in [5, 5.41) is 15.9. The maximum absolute atomic E-state index is 9.60. The molecule has 0 aromatic rings.